The van der Waals surface area contributed by atoms with Crippen LogP contribution in [0, 0.1) is 0 Å². The van der Waals surface area contributed by atoms with Crippen LogP contribution in [0.5, 0.6) is 0 Å². The zero-order chi connectivity index (χ0) is 21.9. The number of nitrogens with one attached hydrogen (secondary N) is 3. The molecule has 0 aromatic carbocycles. The summed E-state index contributed by atoms with van der Waals surface area (Å²) >= 11 is 1.45. The van der Waals surface area contributed by atoms with Crippen LogP contribution in [0.4, 0.5) is 5.00 Å². The Balaban J connectivity index is 1.84. The summed E-state index contributed by atoms with van der Waals surface area (Å²) in [5, 5.41) is 9.08. The van der Waals surface area contributed by atoms with Crippen LogP contribution in [-0.4, -0.2) is 34.3 Å². The monoisotopic (exact) mass is 428 g/mol. The zero-order valence-corrected chi connectivity index (χ0v) is 18.6. The standard InChI is InChI=1S/C22H28N4O3S/c1-13(18(27)26-22(2,3)4)24-20(29)17-15-9-5-6-10-16(15)30-21(17)25-19(28)14-8-7-11-23-12-14/h7-8,11-13H,5-6,9-10H2,1-4H3,(H,24,29)(H,25,28)(H,26,27). The van der Waals surface area contributed by atoms with Crippen LogP contribution in [0.15, 0.2) is 24.5 Å². The molecule has 2 heterocycles. The van der Waals surface area contributed by atoms with Crippen molar-refractivity contribution in [2.75, 3.05) is 5.32 Å². The van der Waals surface area contributed by atoms with Gasteiger partial charge < -0.3 is 16.0 Å². The molecule has 0 radical (unpaired) electrons. The number of aryl methyl sites for hydroxylation is 1. The normalized spacial score (nSPS) is 14.4. The van der Waals surface area contributed by atoms with E-state index in [-0.39, 0.29) is 23.3 Å². The minimum atomic E-state index is -0.697. The van der Waals surface area contributed by atoms with E-state index in [0.717, 1.165) is 36.1 Å². The molecule has 0 bridgehead atoms. The van der Waals surface area contributed by atoms with Crippen LogP contribution < -0.4 is 16.0 Å². The molecular formula is C22H28N4O3S. The van der Waals surface area contributed by atoms with Gasteiger partial charge in [-0.2, -0.15) is 0 Å². The molecule has 1 unspecified atom stereocenters. The van der Waals surface area contributed by atoms with E-state index in [9.17, 15) is 14.4 Å². The van der Waals surface area contributed by atoms with Crippen LogP contribution in [0.1, 0.15) is 71.7 Å². The van der Waals surface area contributed by atoms with Crippen molar-refractivity contribution in [2.45, 2.75) is 65.0 Å². The van der Waals surface area contributed by atoms with Crippen molar-refractivity contribution >= 4 is 34.1 Å². The molecule has 1 atom stereocenters. The summed E-state index contributed by atoms with van der Waals surface area (Å²) in [6.45, 7) is 7.33. The first-order valence-electron chi connectivity index (χ1n) is 10.1. The summed E-state index contributed by atoms with van der Waals surface area (Å²) < 4.78 is 0. The number of fused-ring (bicyclic) bond motifs is 1. The van der Waals surface area contributed by atoms with Crippen molar-refractivity contribution < 1.29 is 14.4 Å². The van der Waals surface area contributed by atoms with Crippen LogP contribution in [0.3, 0.4) is 0 Å². The number of aromatic nitrogens is 1. The Labute approximate surface area is 180 Å². The molecule has 30 heavy (non-hydrogen) atoms. The number of carbonyl (C=O) groups is 3. The number of nitrogens with zero attached hydrogens (tertiary/aromatic N) is 1. The Morgan fingerprint density at radius 2 is 1.87 bits per heavy atom. The number of hydrogen-bond donors (Lipinski definition) is 3. The molecule has 3 rings (SSSR count). The third-order valence-corrected chi connectivity index (χ3v) is 6.00. The Kier molecular flexibility index (Phi) is 6.55. The molecule has 1 aliphatic rings. The third-order valence-electron chi connectivity index (χ3n) is 4.79. The fourth-order valence-corrected chi connectivity index (χ4v) is 4.66. The van der Waals surface area contributed by atoms with Gasteiger partial charge in [0.2, 0.25) is 5.91 Å². The number of rotatable bonds is 5. The molecule has 2 aromatic rings. The minimum absolute atomic E-state index is 0.249. The molecule has 1 aliphatic carbocycles. The van der Waals surface area contributed by atoms with Crippen molar-refractivity contribution in [3.63, 3.8) is 0 Å². The molecule has 0 spiro atoms. The lowest BCUT2D eigenvalue weighted by atomic mass is 9.95. The van der Waals surface area contributed by atoms with Gasteiger partial charge in [-0.1, -0.05) is 0 Å². The first kappa shape index (κ1) is 22.0. The van der Waals surface area contributed by atoms with Gasteiger partial charge in [0.05, 0.1) is 11.1 Å². The smallest absolute Gasteiger partial charge is 0.257 e. The Morgan fingerprint density at radius 3 is 2.53 bits per heavy atom. The predicted molar refractivity (Wildman–Crippen MR) is 118 cm³/mol. The van der Waals surface area contributed by atoms with E-state index in [1.54, 1.807) is 25.3 Å². The van der Waals surface area contributed by atoms with Gasteiger partial charge in [-0.05, 0) is 71.1 Å². The van der Waals surface area contributed by atoms with E-state index >= 15 is 0 Å². The summed E-state index contributed by atoms with van der Waals surface area (Å²) in [5.74, 6) is -0.900. The van der Waals surface area contributed by atoms with Crippen molar-refractivity contribution in [1.82, 2.24) is 15.6 Å². The molecule has 8 heteroatoms. The molecule has 0 saturated carbocycles. The summed E-state index contributed by atoms with van der Waals surface area (Å²) in [4.78, 5) is 43.3. The number of hydrogen-bond acceptors (Lipinski definition) is 5. The predicted octanol–water partition coefficient (Wildman–Crippen LogP) is 3.31. The second kappa shape index (κ2) is 8.95. The molecule has 0 aliphatic heterocycles. The Hall–Kier alpha value is -2.74. The summed E-state index contributed by atoms with van der Waals surface area (Å²) in [7, 11) is 0. The van der Waals surface area contributed by atoms with E-state index in [1.165, 1.54) is 17.5 Å². The average Bonchev–Trinajstić information content (AvgIpc) is 3.05. The second-order valence-electron chi connectivity index (χ2n) is 8.55. The SMILES string of the molecule is CC(NC(=O)c1c(NC(=O)c2cccnc2)sc2c1CCCC2)C(=O)NC(C)(C)C. The first-order chi connectivity index (χ1) is 14.2. The number of thiophene rings is 1. The van der Waals surface area contributed by atoms with E-state index < -0.39 is 6.04 Å². The first-order valence-corrected chi connectivity index (χ1v) is 11.0. The van der Waals surface area contributed by atoms with E-state index in [0.29, 0.717) is 16.1 Å². The maximum absolute atomic E-state index is 13.1. The van der Waals surface area contributed by atoms with Gasteiger partial charge in [-0.15, -0.1) is 11.3 Å². The highest BCUT2D eigenvalue weighted by Crippen LogP contribution is 2.38. The topological polar surface area (TPSA) is 100 Å². The lowest BCUT2D eigenvalue weighted by Gasteiger charge is -2.24. The van der Waals surface area contributed by atoms with Gasteiger partial charge in [-0.25, -0.2) is 0 Å². The van der Waals surface area contributed by atoms with Gasteiger partial charge >= 0.3 is 0 Å². The average molecular weight is 429 g/mol. The molecule has 3 amide bonds. The highest BCUT2D eigenvalue weighted by Gasteiger charge is 2.29. The van der Waals surface area contributed by atoms with Crippen molar-refractivity contribution in [3.8, 4) is 0 Å². The Bertz CT molecular complexity index is 947. The second-order valence-corrected chi connectivity index (χ2v) is 9.65. The number of carbonyl (C=O) groups excluding carboxylic acids is 3. The summed E-state index contributed by atoms with van der Waals surface area (Å²) in [6, 6.07) is 2.67. The largest absolute Gasteiger partial charge is 0.350 e. The van der Waals surface area contributed by atoms with Gasteiger partial charge in [0, 0.05) is 22.8 Å². The van der Waals surface area contributed by atoms with Crippen molar-refractivity contribution in [2.24, 2.45) is 0 Å². The molecule has 160 valence electrons. The quantitative estimate of drug-likeness (QED) is 0.680. The third kappa shape index (κ3) is 5.24. The van der Waals surface area contributed by atoms with Crippen LogP contribution >= 0.6 is 11.3 Å². The van der Waals surface area contributed by atoms with Gasteiger partial charge in [0.15, 0.2) is 0 Å². The van der Waals surface area contributed by atoms with Gasteiger partial charge in [0.1, 0.15) is 11.0 Å². The van der Waals surface area contributed by atoms with Crippen LogP contribution in [-0.2, 0) is 17.6 Å². The minimum Gasteiger partial charge on any atom is -0.350 e. The lowest BCUT2D eigenvalue weighted by Crippen LogP contribution is -2.51. The number of pyridine rings is 1. The number of amides is 3. The molecule has 2 aromatic heterocycles. The van der Waals surface area contributed by atoms with Crippen LogP contribution in [0.25, 0.3) is 0 Å². The highest BCUT2D eigenvalue weighted by atomic mass is 32.1. The lowest BCUT2D eigenvalue weighted by molar-refractivity contribution is -0.124. The summed E-state index contributed by atoms with van der Waals surface area (Å²) in [6.07, 6.45) is 6.84. The number of anilines is 1. The fourth-order valence-electron chi connectivity index (χ4n) is 3.38. The maximum atomic E-state index is 13.1. The van der Waals surface area contributed by atoms with Gasteiger partial charge in [-0.3, -0.25) is 19.4 Å². The van der Waals surface area contributed by atoms with E-state index in [4.69, 9.17) is 0 Å². The van der Waals surface area contributed by atoms with Crippen LogP contribution in [0.2, 0.25) is 0 Å². The van der Waals surface area contributed by atoms with Gasteiger partial charge in [0.25, 0.3) is 11.8 Å². The zero-order valence-electron chi connectivity index (χ0n) is 17.8. The molecule has 0 saturated heterocycles. The van der Waals surface area contributed by atoms with E-state index in [2.05, 4.69) is 20.9 Å². The highest BCUT2D eigenvalue weighted by molar-refractivity contribution is 7.17. The Morgan fingerprint density at radius 1 is 1.13 bits per heavy atom. The summed E-state index contributed by atoms with van der Waals surface area (Å²) in [5.41, 5.74) is 1.49. The fraction of sp³-hybridized carbons (Fsp3) is 0.455. The van der Waals surface area contributed by atoms with Crippen molar-refractivity contribution in [3.05, 3.63) is 46.1 Å². The van der Waals surface area contributed by atoms with E-state index in [1.807, 2.05) is 20.8 Å². The molecule has 3 N–H and O–H groups in total. The molecular weight excluding hydrogens is 400 g/mol. The van der Waals surface area contributed by atoms with Crippen molar-refractivity contribution in [1.29, 1.82) is 0 Å². The molecule has 0 fully saturated rings. The maximum Gasteiger partial charge on any atom is 0.257 e. The molecule has 7 nitrogen and oxygen atoms in total.